The molecule has 162 valence electrons. The number of carbonyl (C=O) groups excluding carboxylic acids is 1. The van der Waals surface area contributed by atoms with Crippen LogP contribution in [0.2, 0.25) is 0 Å². The number of oxazole rings is 1. The summed E-state index contributed by atoms with van der Waals surface area (Å²) in [5, 5.41) is 0. The molecule has 1 aliphatic heterocycles. The van der Waals surface area contributed by atoms with Crippen LogP contribution < -0.4 is 4.74 Å². The number of halogens is 1. The molecule has 1 fully saturated rings. The van der Waals surface area contributed by atoms with Crippen molar-refractivity contribution in [1.82, 2.24) is 14.8 Å². The molecule has 0 radical (unpaired) electrons. The van der Waals surface area contributed by atoms with Gasteiger partial charge in [0.2, 0.25) is 11.8 Å². The van der Waals surface area contributed by atoms with Crippen molar-refractivity contribution in [2.45, 2.75) is 26.9 Å². The second-order valence-electron chi connectivity index (χ2n) is 7.63. The predicted molar refractivity (Wildman–Crippen MR) is 115 cm³/mol. The minimum absolute atomic E-state index is 0.0588. The summed E-state index contributed by atoms with van der Waals surface area (Å²) < 4.78 is 24.4. The van der Waals surface area contributed by atoms with Crippen LogP contribution in [0.5, 0.6) is 5.75 Å². The van der Waals surface area contributed by atoms with Gasteiger partial charge in [-0.1, -0.05) is 12.1 Å². The average molecular weight is 423 g/mol. The predicted octanol–water partition coefficient (Wildman–Crippen LogP) is 4.03. The third-order valence-corrected chi connectivity index (χ3v) is 5.36. The highest BCUT2D eigenvalue weighted by Gasteiger charge is 2.25. The van der Waals surface area contributed by atoms with Crippen molar-refractivity contribution in [1.29, 1.82) is 0 Å². The van der Waals surface area contributed by atoms with Crippen molar-refractivity contribution in [3.8, 4) is 17.2 Å². The number of aryl methyl sites for hydroxylation is 1. The minimum Gasteiger partial charge on any atom is -0.494 e. The third-order valence-electron chi connectivity index (χ3n) is 5.36. The van der Waals surface area contributed by atoms with Crippen molar-refractivity contribution in [3.63, 3.8) is 0 Å². The number of carbonyl (C=O) groups is 1. The monoisotopic (exact) mass is 423 g/mol. The molecular weight excluding hydrogens is 397 g/mol. The zero-order valence-corrected chi connectivity index (χ0v) is 17.8. The van der Waals surface area contributed by atoms with E-state index in [9.17, 15) is 9.18 Å². The lowest BCUT2D eigenvalue weighted by atomic mass is 10.2. The van der Waals surface area contributed by atoms with Crippen LogP contribution in [-0.4, -0.2) is 46.9 Å². The number of nitrogens with zero attached hydrogens (tertiary/aromatic N) is 3. The Balaban J connectivity index is 1.37. The van der Waals surface area contributed by atoms with Crippen LogP contribution in [0.15, 0.2) is 52.9 Å². The number of aromatic nitrogens is 1. The molecule has 0 N–H and O–H groups in total. The van der Waals surface area contributed by atoms with Crippen molar-refractivity contribution in [3.05, 3.63) is 71.4 Å². The van der Waals surface area contributed by atoms with Crippen LogP contribution in [0.1, 0.15) is 23.9 Å². The molecule has 0 saturated carbocycles. The van der Waals surface area contributed by atoms with Crippen LogP contribution in [-0.2, 0) is 17.9 Å². The van der Waals surface area contributed by atoms with Crippen LogP contribution >= 0.6 is 0 Å². The number of rotatable bonds is 7. The molecule has 0 unspecified atom stereocenters. The maximum Gasteiger partial charge on any atom is 0.237 e. The Morgan fingerprint density at radius 3 is 2.48 bits per heavy atom. The van der Waals surface area contributed by atoms with E-state index in [0.29, 0.717) is 38.7 Å². The van der Waals surface area contributed by atoms with Crippen LogP contribution in [0.4, 0.5) is 4.39 Å². The molecule has 2 aromatic carbocycles. The molecule has 1 aliphatic rings. The first-order chi connectivity index (χ1) is 15.0. The smallest absolute Gasteiger partial charge is 0.237 e. The second-order valence-corrected chi connectivity index (χ2v) is 7.63. The summed E-state index contributed by atoms with van der Waals surface area (Å²) in [6.45, 7) is 7.22. The van der Waals surface area contributed by atoms with Gasteiger partial charge in [0.05, 0.1) is 18.8 Å². The van der Waals surface area contributed by atoms with Crippen LogP contribution in [0.3, 0.4) is 0 Å². The molecule has 1 amide bonds. The van der Waals surface area contributed by atoms with Gasteiger partial charge in [-0.25, -0.2) is 9.37 Å². The number of amides is 1. The largest absolute Gasteiger partial charge is 0.494 e. The summed E-state index contributed by atoms with van der Waals surface area (Å²) in [7, 11) is 0. The van der Waals surface area contributed by atoms with Gasteiger partial charge in [-0.3, -0.25) is 9.69 Å². The highest BCUT2D eigenvalue weighted by atomic mass is 19.1. The SMILES string of the molecule is CCOc1ccc(-c2nc(CN3CCN(Cc4ccc(F)cc4)C(=O)C3)c(C)o2)cc1. The number of ether oxygens (including phenoxy) is 1. The average Bonchev–Trinajstić information content (AvgIpc) is 3.12. The van der Waals surface area contributed by atoms with Gasteiger partial charge in [0.15, 0.2) is 0 Å². The van der Waals surface area contributed by atoms with E-state index in [-0.39, 0.29) is 11.7 Å². The van der Waals surface area contributed by atoms with Gasteiger partial charge >= 0.3 is 0 Å². The summed E-state index contributed by atoms with van der Waals surface area (Å²) in [6, 6.07) is 13.9. The number of piperazine rings is 1. The molecule has 0 atom stereocenters. The lowest BCUT2D eigenvalue weighted by Crippen LogP contribution is -2.49. The maximum atomic E-state index is 13.1. The van der Waals surface area contributed by atoms with E-state index in [2.05, 4.69) is 9.88 Å². The molecule has 0 bridgehead atoms. The van der Waals surface area contributed by atoms with Crippen molar-refractivity contribution >= 4 is 5.91 Å². The first kappa shape index (κ1) is 21.1. The van der Waals surface area contributed by atoms with E-state index in [4.69, 9.17) is 9.15 Å². The summed E-state index contributed by atoms with van der Waals surface area (Å²) in [4.78, 5) is 21.2. The highest BCUT2D eigenvalue weighted by Crippen LogP contribution is 2.25. The Labute approximate surface area is 181 Å². The molecular formula is C24H26FN3O3. The zero-order valence-electron chi connectivity index (χ0n) is 17.8. The summed E-state index contributed by atoms with van der Waals surface area (Å²) in [6.07, 6.45) is 0. The fourth-order valence-electron chi connectivity index (χ4n) is 3.64. The lowest BCUT2D eigenvalue weighted by molar-refractivity contribution is -0.136. The van der Waals surface area contributed by atoms with Gasteiger partial charge in [-0.15, -0.1) is 0 Å². The van der Waals surface area contributed by atoms with Gasteiger partial charge < -0.3 is 14.1 Å². The molecule has 0 spiro atoms. The summed E-state index contributed by atoms with van der Waals surface area (Å²) in [5.41, 5.74) is 2.65. The van der Waals surface area contributed by atoms with E-state index in [1.54, 1.807) is 12.1 Å². The molecule has 0 aliphatic carbocycles. The molecule has 6 nitrogen and oxygen atoms in total. The lowest BCUT2D eigenvalue weighted by Gasteiger charge is -2.34. The van der Waals surface area contributed by atoms with Crippen molar-refractivity contribution < 1.29 is 18.3 Å². The summed E-state index contributed by atoms with van der Waals surface area (Å²) in [5.74, 6) is 1.92. The Bertz CT molecular complexity index is 1030. The van der Waals surface area contributed by atoms with Gasteiger partial charge in [0.1, 0.15) is 17.3 Å². The van der Waals surface area contributed by atoms with E-state index in [0.717, 1.165) is 34.9 Å². The van der Waals surface area contributed by atoms with E-state index in [1.165, 1.54) is 12.1 Å². The van der Waals surface area contributed by atoms with Gasteiger partial charge in [0.25, 0.3) is 0 Å². The molecule has 3 aromatic rings. The fraction of sp³-hybridized carbons (Fsp3) is 0.333. The molecule has 1 saturated heterocycles. The van der Waals surface area contributed by atoms with Crippen molar-refractivity contribution in [2.75, 3.05) is 26.2 Å². The molecule has 2 heterocycles. The maximum absolute atomic E-state index is 13.1. The number of hydrogen-bond acceptors (Lipinski definition) is 5. The zero-order chi connectivity index (χ0) is 21.8. The first-order valence-corrected chi connectivity index (χ1v) is 10.5. The Kier molecular flexibility index (Phi) is 6.32. The quantitative estimate of drug-likeness (QED) is 0.574. The highest BCUT2D eigenvalue weighted by molar-refractivity contribution is 5.79. The Morgan fingerprint density at radius 1 is 1.06 bits per heavy atom. The minimum atomic E-state index is -0.271. The first-order valence-electron chi connectivity index (χ1n) is 10.5. The molecule has 31 heavy (non-hydrogen) atoms. The third kappa shape index (κ3) is 5.11. The van der Waals surface area contributed by atoms with Crippen LogP contribution in [0.25, 0.3) is 11.5 Å². The molecule has 1 aromatic heterocycles. The standard InChI is InChI=1S/C24H26FN3O3/c1-3-30-21-10-6-19(7-11-21)24-26-22(17(2)31-24)15-27-12-13-28(23(29)16-27)14-18-4-8-20(25)9-5-18/h4-11H,3,12-16H2,1-2H3. The number of hydrogen-bond donors (Lipinski definition) is 0. The summed E-state index contributed by atoms with van der Waals surface area (Å²) >= 11 is 0. The van der Waals surface area contributed by atoms with E-state index in [1.807, 2.05) is 43.0 Å². The fourth-order valence-corrected chi connectivity index (χ4v) is 3.64. The van der Waals surface area contributed by atoms with Gasteiger partial charge in [-0.05, 0) is 55.8 Å². The van der Waals surface area contributed by atoms with Gasteiger partial charge in [0, 0.05) is 31.7 Å². The normalized spacial score (nSPS) is 14.8. The molecule has 7 heteroatoms. The number of benzene rings is 2. The van der Waals surface area contributed by atoms with Crippen LogP contribution in [0, 0.1) is 12.7 Å². The van der Waals surface area contributed by atoms with Gasteiger partial charge in [-0.2, -0.15) is 0 Å². The molecule has 4 rings (SSSR count). The Morgan fingerprint density at radius 2 is 1.81 bits per heavy atom. The Hall–Kier alpha value is -3.19. The van der Waals surface area contributed by atoms with Crippen molar-refractivity contribution in [2.24, 2.45) is 0 Å². The second kappa shape index (κ2) is 9.31. The topological polar surface area (TPSA) is 58.8 Å². The van der Waals surface area contributed by atoms with E-state index < -0.39 is 0 Å². The van der Waals surface area contributed by atoms with E-state index >= 15 is 0 Å².